The molecule has 1 rings (SSSR count). The van der Waals surface area contributed by atoms with Crippen LogP contribution in [0.25, 0.3) is 0 Å². The molecule has 84 valence electrons. The summed E-state index contributed by atoms with van der Waals surface area (Å²) in [6, 6.07) is 8.81. The van der Waals surface area contributed by atoms with Gasteiger partial charge in [-0.15, -0.1) is 0 Å². The third-order valence-electron chi connectivity index (χ3n) is 2.39. The summed E-state index contributed by atoms with van der Waals surface area (Å²) in [6.45, 7) is 10.2. The number of benzene rings is 1. The average Bonchev–Trinajstić information content (AvgIpc) is 2.19. The summed E-state index contributed by atoms with van der Waals surface area (Å²) in [5.41, 5.74) is 1.41. The zero-order valence-electron chi connectivity index (χ0n) is 9.83. The van der Waals surface area contributed by atoms with Crippen LogP contribution in [0.2, 0.25) is 0 Å². The van der Waals surface area contributed by atoms with Gasteiger partial charge in [-0.05, 0) is 52.7 Å². The van der Waals surface area contributed by atoms with E-state index in [9.17, 15) is 0 Å². The van der Waals surface area contributed by atoms with Crippen molar-refractivity contribution in [3.63, 3.8) is 0 Å². The van der Waals surface area contributed by atoms with Crippen LogP contribution in [0.3, 0.4) is 0 Å². The third-order valence-corrected chi connectivity index (χ3v) is 3.11. The first-order valence-corrected chi connectivity index (χ1v) is 6.66. The zero-order valence-corrected chi connectivity index (χ0v) is 12.0. The monoisotopic (exact) mass is 317 g/mol. The molecule has 0 aromatic heterocycles. The van der Waals surface area contributed by atoms with E-state index < -0.39 is 0 Å². The standard InChI is InChI=1S/C13H20IN/c1-4-15(9-11(2)3)10-12-5-7-13(14)8-6-12/h5-8,11H,4,9-10H2,1-3H3. The van der Waals surface area contributed by atoms with Crippen LogP contribution in [0, 0.1) is 9.49 Å². The van der Waals surface area contributed by atoms with Crippen LogP contribution < -0.4 is 0 Å². The number of hydrogen-bond acceptors (Lipinski definition) is 1. The molecule has 0 bridgehead atoms. The van der Waals surface area contributed by atoms with Crippen LogP contribution in [0.15, 0.2) is 24.3 Å². The van der Waals surface area contributed by atoms with E-state index in [4.69, 9.17) is 0 Å². The summed E-state index contributed by atoms with van der Waals surface area (Å²) in [5.74, 6) is 0.744. The Bertz CT molecular complexity index is 279. The lowest BCUT2D eigenvalue weighted by molar-refractivity contribution is 0.248. The molecule has 0 radical (unpaired) electrons. The van der Waals surface area contributed by atoms with Crippen LogP contribution in [-0.4, -0.2) is 18.0 Å². The molecule has 0 unspecified atom stereocenters. The Kier molecular flexibility index (Phi) is 5.61. The van der Waals surface area contributed by atoms with Crippen molar-refractivity contribution in [1.82, 2.24) is 4.90 Å². The molecule has 0 heterocycles. The minimum Gasteiger partial charge on any atom is -0.299 e. The van der Waals surface area contributed by atoms with Crippen molar-refractivity contribution >= 4 is 22.6 Å². The second-order valence-corrected chi connectivity index (χ2v) is 5.59. The maximum absolute atomic E-state index is 2.49. The van der Waals surface area contributed by atoms with Crippen molar-refractivity contribution in [2.24, 2.45) is 5.92 Å². The lowest BCUT2D eigenvalue weighted by Crippen LogP contribution is -2.26. The normalized spacial score (nSPS) is 11.3. The van der Waals surface area contributed by atoms with E-state index in [0.29, 0.717) is 0 Å². The first-order valence-electron chi connectivity index (χ1n) is 5.58. The molecule has 1 aromatic carbocycles. The van der Waals surface area contributed by atoms with E-state index in [1.165, 1.54) is 15.7 Å². The Morgan fingerprint density at radius 1 is 1.20 bits per heavy atom. The van der Waals surface area contributed by atoms with Gasteiger partial charge in [0.2, 0.25) is 0 Å². The van der Waals surface area contributed by atoms with Gasteiger partial charge in [-0.1, -0.05) is 32.9 Å². The molecule has 15 heavy (non-hydrogen) atoms. The lowest BCUT2D eigenvalue weighted by atomic mass is 10.1. The first-order chi connectivity index (χ1) is 7.11. The summed E-state index contributed by atoms with van der Waals surface area (Å²) in [6.07, 6.45) is 0. The maximum Gasteiger partial charge on any atom is 0.0233 e. The van der Waals surface area contributed by atoms with Gasteiger partial charge in [-0.3, -0.25) is 4.90 Å². The highest BCUT2D eigenvalue weighted by atomic mass is 127. The van der Waals surface area contributed by atoms with Gasteiger partial charge < -0.3 is 0 Å². The molecule has 0 aliphatic rings. The molecule has 0 fully saturated rings. The molecular weight excluding hydrogens is 297 g/mol. The van der Waals surface area contributed by atoms with Crippen molar-refractivity contribution in [1.29, 1.82) is 0 Å². The Balaban J connectivity index is 2.54. The van der Waals surface area contributed by atoms with Gasteiger partial charge in [-0.2, -0.15) is 0 Å². The fourth-order valence-electron chi connectivity index (χ4n) is 1.67. The molecule has 0 aliphatic carbocycles. The Morgan fingerprint density at radius 2 is 1.80 bits per heavy atom. The van der Waals surface area contributed by atoms with E-state index in [0.717, 1.165) is 19.0 Å². The first kappa shape index (κ1) is 13.0. The van der Waals surface area contributed by atoms with Gasteiger partial charge >= 0.3 is 0 Å². The van der Waals surface area contributed by atoms with Gasteiger partial charge in [0, 0.05) is 16.7 Å². The quantitative estimate of drug-likeness (QED) is 0.747. The van der Waals surface area contributed by atoms with E-state index in [1.54, 1.807) is 0 Å². The number of halogens is 1. The minimum atomic E-state index is 0.744. The molecule has 0 spiro atoms. The van der Waals surface area contributed by atoms with E-state index in [1.807, 2.05) is 0 Å². The summed E-state index contributed by atoms with van der Waals surface area (Å²) in [5, 5.41) is 0. The minimum absolute atomic E-state index is 0.744. The highest BCUT2D eigenvalue weighted by molar-refractivity contribution is 14.1. The molecule has 1 nitrogen and oxygen atoms in total. The molecule has 2 heteroatoms. The van der Waals surface area contributed by atoms with Gasteiger partial charge in [0.15, 0.2) is 0 Å². The largest absolute Gasteiger partial charge is 0.299 e. The predicted octanol–water partition coefficient (Wildman–Crippen LogP) is 3.77. The van der Waals surface area contributed by atoms with Crippen LogP contribution in [-0.2, 0) is 6.54 Å². The second kappa shape index (κ2) is 6.48. The highest BCUT2D eigenvalue weighted by Gasteiger charge is 2.05. The maximum atomic E-state index is 2.49. The summed E-state index contributed by atoms with van der Waals surface area (Å²) in [7, 11) is 0. The highest BCUT2D eigenvalue weighted by Crippen LogP contribution is 2.10. The smallest absolute Gasteiger partial charge is 0.0233 e. The molecule has 0 atom stereocenters. The Hall–Kier alpha value is -0.0900. The summed E-state index contributed by atoms with van der Waals surface area (Å²) in [4.78, 5) is 2.49. The topological polar surface area (TPSA) is 3.24 Å². The van der Waals surface area contributed by atoms with Crippen LogP contribution in [0.4, 0.5) is 0 Å². The van der Waals surface area contributed by atoms with E-state index >= 15 is 0 Å². The van der Waals surface area contributed by atoms with E-state index in [2.05, 4.69) is 72.5 Å². The molecule has 0 N–H and O–H groups in total. The number of hydrogen-bond donors (Lipinski definition) is 0. The second-order valence-electron chi connectivity index (χ2n) is 4.35. The third kappa shape index (κ3) is 4.98. The van der Waals surface area contributed by atoms with Gasteiger partial charge in [0.25, 0.3) is 0 Å². The summed E-state index contributed by atoms with van der Waals surface area (Å²) >= 11 is 2.35. The van der Waals surface area contributed by atoms with Gasteiger partial charge in [-0.25, -0.2) is 0 Å². The molecule has 0 amide bonds. The lowest BCUT2D eigenvalue weighted by Gasteiger charge is -2.22. The molecule has 1 aromatic rings. The predicted molar refractivity (Wildman–Crippen MR) is 74.9 cm³/mol. The molecule has 0 aliphatic heterocycles. The number of nitrogens with zero attached hydrogens (tertiary/aromatic N) is 1. The Labute approximate surface area is 107 Å². The van der Waals surface area contributed by atoms with Gasteiger partial charge in [0.1, 0.15) is 0 Å². The van der Waals surface area contributed by atoms with Gasteiger partial charge in [0.05, 0.1) is 0 Å². The number of rotatable bonds is 5. The summed E-state index contributed by atoms with van der Waals surface area (Å²) < 4.78 is 1.31. The van der Waals surface area contributed by atoms with Crippen molar-refractivity contribution in [2.45, 2.75) is 27.3 Å². The zero-order chi connectivity index (χ0) is 11.3. The van der Waals surface area contributed by atoms with Crippen LogP contribution >= 0.6 is 22.6 Å². The van der Waals surface area contributed by atoms with Crippen LogP contribution in [0.5, 0.6) is 0 Å². The fraction of sp³-hybridized carbons (Fsp3) is 0.538. The van der Waals surface area contributed by atoms with Crippen molar-refractivity contribution < 1.29 is 0 Å². The average molecular weight is 317 g/mol. The van der Waals surface area contributed by atoms with Crippen molar-refractivity contribution in [3.8, 4) is 0 Å². The van der Waals surface area contributed by atoms with E-state index in [-0.39, 0.29) is 0 Å². The molecular formula is C13H20IN. The molecule has 0 saturated heterocycles. The Morgan fingerprint density at radius 3 is 2.27 bits per heavy atom. The molecule has 0 saturated carbocycles. The SMILES string of the molecule is CCN(Cc1ccc(I)cc1)CC(C)C. The van der Waals surface area contributed by atoms with Crippen LogP contribution in [0.1, 0.15) is 26.3 Å². The van der Waals surface area contributed by atoms with Crippen molar-refractivity contribution in [3.05, 3.63) is 33.4 Å². The fourth-order valence-corrected chi connectivity index (χ4v) is 2.03. The van der Waals surface area contributed by atoms with Crippen molar-refractivity contribution in [2.75, 3.05) is 13.1 Å².